The molecule has 66 valence electrons. The molecule has 0 saturated carbocycles. The minimum atomic E-state index is 0.639. The molecule has 0 aliphatic carbocycles. The van der Waals surface area contributed by atoms with Gasteiger partial charge in [0.25, 0.3) is 0 Å². The molecule has 0 aromatic rings. The quantitative estimate of drug-likeness (QED) is 0.459. The molecule has 0 heterocycles. The van der Waals surface area contributed by atoms with Gasteiger partial charge in [-0.2, -0.15) is 0 Å². The van der Waals surface area contributed by atoms with E-state index in [4.69, 9.17) is 0 Å². The maximum absolute atomic E-state index is 3.68. The van der Waals surface area contributed by atoms with Crippen molar-refractivity contribution >= 4 is 0 Å². The van der Waals surface area contributed by atoms with E-state index in [2.05, 4.69) is 32.7 Å². The van der Waals surface area contributed by atoms with Gasteiger partial charge in [0.15, 0.2) is 0 Å². The van der Waals surface area contributed by atoms with Gasteiger partial charge in [-0.3, -0.25) is 0 Å². The highest BCUT2D eigenvalue weighted by atomic mass is 14.9. The first-order valence-electron chi connectivity index (χ1n) is 4.56. The highest BCUT2D eigenvalue weighted by molar-refractivity contribution is 4.71. The van der Waals surface area contributed by atoms with Gasteiger partial charge in [-0.25, -0.2) is 0 Å². The molecule has 2 unspecified atom stereocenters. The Morgan fingerprint density at radius 1 is 1.45 bits per heavy atom. The van der Waals surface area contributed by atoms with Crippen LogP contribution in [0.2, 0.25) is 0 Å². The summed E-state index contributed by atoms with van der Waals surface area (Å²) in [6.07, 6.45) is 4.28. The van der Waals surface area contributed by atoms with Gasteiger partial charge in [-0.15, -0.1) is 6.58 Å². The number of rotatable bonds is 6. The Morgan fingerprint density at radius 2 is 2.09 bits per heavy atom. The van der Waals surface area contributed by atoms with Gasteiger partial charge in [0.2, 0.25) is 0 Å². The van der Waals surface area contributed by atoms with Crippen molar-refractivity contribution in [3.8, 4) is 0 Å². The Hall–Kier alpha value is -0.300. The van der Waals surface area contributed by atoms with Crippen molar-refractivity contribution in [3.05, 3.63) is 12.7 Å². The number of hydrogen-bond donors (Lipinski definition) is 1. The predicted molar refractivity (Wildman–Crippen MR) is 51.7 cm³/mol. The standard InChI is InChI=1S/C10H21N/c1-5-7-8-11-10(4)9(3)6-2/h5,9-11H,1,6-8H2,2-4H3. The molecule has 0 aliphatic rings. The molecule has 11 heavy (non-hydrogen) atoms. The van der Waals surface area contributed by atoms with E-state index in [0.717, 1.165) is 18.9 Å². The van der Waals surface area contributed by atoms with Gasteiger partial charge >= 0.3 is 0 Å². The smallest absolute Gasteiger partial charge is 0.00643 e. The Morgan fingerprint density at radius 3 is 2.55 bits per heavy atom. The molecule has 0 rings (SSSR count). The highest BCUT2D eigenvalue weighted by Gasteiger charge is 2.07. The average molecular weight is 155 g/mol. The zero-order valence-electron chi connectivity index (χ0n) is 8.06. The third kappa shape index (κ3) is 5.02. The maximum Gasteiger partial charge on any atom is 0.00643 e. The van der Waals surface area contributed by atoms with Gasteiger partial charge in [-0.05, 0) is 25.8 Å². The lowest BCUT2D eigenvalue weighted by Gasteiger charge is -2.19. The SMILES string of the molecule is C=CCCNC(C)C(C)CC. The zero-order valence-corrected chi connectivity index (χ0v) is 8.06. The summed E-state index contributed by atoms with van der Waals surface area (Å²) in [4.78, 5) is 0. The second-order valence-electron chi connectivity index (χ2n) is 3.21. The van der Waals surface area contributed by atoms with Gasteiger partial charge in [0.1, 0.15) is 0 Å². The Kier molecular flexibility index (Phi) is 6.24. The molecular formula is C10H21N. The van der Waals surface area contributed by atoms with Crippen molar-refractivity contribution in [1.29, 1.82) is 0 Å². The van der Waals surface area contributed by atoms with Crippen LogP contribution in [0.4, 0.5) is 0 Å². The van der Waals surface area contributed by atoms with Crippen molar-refractivity contribution in [3.63, 3.8) is 0 Å². The summed E-state index contributed by atoms with van der Waals surface area (Å²) < 4.78 is 0. The van der Waals surface area contributed by atoms with E-state index >= 15 is 0 Å². The van der Waals surface area contributed by atoms with E-state index in [9.17, 15) is 0 Å². The van der Waals surface area contributed by atoms with Crippen molar-refractivity contribution in [2.24, 2.45) is 5.92 Å². The maximum atomic E-state index is 3.68. The molecule has 0 aromatic carbocycles. The van der Waals surface area contributed by atoms with Crippen molar-refractivity contribution < 1.29 is 0 Å². The van der Waals surface area contributed by atoms with Crippen LogP contribution in [0.15, 0.2) is 12.7 Å². The van der Waals surface area contributed by atoms with Crippen LogP contribution in [0.25, 0.3) is 0 Å². The van der Waals surface area contributed by atoms with Gasteiger partial charge in [0.05, 0.1) is 0 Å². The molecule has 1 nitrogen and oxygen atoms in total. The zero-order chi connectivity index (χ0) is 8.69. The molecular weight excluding hydrogens is 134 g/mol. The molecule has 0 fully saturated rings. The second kappa shape index (κ2) is 6.41. The molecule has 0 radical (unpaired) electrons. The first-order chi connectivity index (χ1) is 5.22. The van der Waals surface area contributed by atoms with Crippen LogP contribution in [0.3, 0.4) is 0 Å². The average Bonchev–Trinajstić information content (AvgIpc) is 2.03. The fraction of sp³-hybridized carbons (Fsp3) is 0.800. The van der Waals surface area contributed by atoms with Gasteiger partial charge < -0.3 is 5.32 Å². The first kappa shape index (κ1) is 10.7. The summed E-state index contributed by atoms with van der Waals surface area (Å²) in [6.45, 7) is 11.5. The molecule has 0 aliphatic heterocycles. The lowest BCUT2D eigenvalue weighted by Crippen LogP contribution is -2.32. The monoisotopic (exact) mass is 155 g/mol. The minimum absolute atomic E-state index is 0.639. The first-order valence-corrected chi connectivity index (χ1v) is 4.56. The highest BCUT2D eigenvalue weighted by Crippen LogP contribution is 2.05. The molecule has 2 atom stereocenters. The second-order valence-corrected chi connectivity index (χ2v) is 3.21. The van der Waals surface area contributed by atoms with Crippen LogP contribution in [0.5, 0.6) is 0 Å². The van der Waals surface area contributed by atoms with Crippen LogP contribution >= 0.6 is 0 Å². The van der Waals surface area contributed by atoms with E-state index in [1.807, 2.05) is 6.08 Å². The lowest BCUT2D eigenvalue weighted by atomic mass is 10.0. The van der Waals surface area contributed by atoms with Crippen LogP contribution in [0, 0.1) is 5.92 Å². The van der Waals surface area contributed by atoms with E-state index in [1.165, 1.54) is 6.42 Å². The van der Waals surface area contributed by atoms with Crippen LogP contribution in [-0.2, 0) is 0 Å². The van der Waals surface area contributed by atoms with E-state index in [0.29, 0.717) is 6.04 Å². The largest absolute Gasteiger partial charge is 0.314 e. The molecule has 0 aromatic heterocycles. The molecule has 0 saturated heterocycles. The van der Waals surface area contributed by atoms with Crippen molar-refractivity contribution in [2.75, 3.05) is 6.54 Å². The van der Waals surface area contributed by atoms with Crippen LogP contribution < -0.4 is 5.32 Å². The summed E-state index contributed by atoms with van der Waals surface area (Å²) in [5.41, 5.74) is 0. The summed E-state index contributed by atoms with van der Waals surface area (Å²) >= 11 is 0. The Labute approximate surface area is 70.9 Å². The Bertz CT molecular complexity index is 99.0. The summed E-state index contributed by atoms with van der Waals surface area (Å²) in [5.74, 6) is 0.778. The molecule has 1 heteroatoms. The third-order valence-corrected chi connectivity index (χ3v) is 2.31. The van der Waals surface area contributed by atoms with E-state index in [-0.39, 0.29) is 0 Å². The number of hydrogen-bond acceptors (Lipinski definition) is 1. The van der Waals surface area contributed by atoms with Gasteiger partial charge in [0, 0.05) is 6.04 Å². The molecule has 0 bridgehead atoms. The fourth-order valence-electron chi connectivity index (χ4n) is 0.968. The normalized spacial score (nSPS) is 15.9. The van der Waals surface area contributed by atoms with Gasteiger partial charge in [-0.1, -0.05) is 26.3 Å². The van der Waals surface area contributed by atoms with Crippen LogP contribution in [0.1, 0.15) is 33.6 Å². The minimum Gasteiger partial charge on any atom is -0.314 e. The summed E-state index contributed by atoms with van der Waals surface area (Å²) in [6, 6.07) is 0.639. The molecule has 0 spiro atoms. The topological polar surface area (TPSA) is 12.0 Å². The van der Waals surface area contributed by atoms with Crippen LogP contribution in [-0.4, -0.2) is 12.6 Å². The third-order valence-electron chi connectivity index (χ3n) is 2.31. The summed E-state index contributed by atoms with van der Waals surface area (Å²) in [5, 5.41) is 3.46. The van der Waals surface area contributed by atoms with Crippen molar-refractivity contribution in [2.45, 2.75) is 39.7 Å². The van der Waals surface area contributed by atoms with E-state index in [1.54, 1.807) is 0 Å². The van der Waals surface area contributed by atoms with Crippen molar-refractivity contribution in [1.82, 2.24) is 5.32 Å². The lowest BCUT2D eigenvalue weighted by molar-refractivity contribution is 0.394. The predicted octanol–water partition coefficient (Wildman–Crippen LogP) is 2.59. The molecule has 0 amide bonds. The number of nitrogens with one attached hydrogen (secondary N) is 1. The summed E-state index contributed by atoms with van der Waals surface area (Å²) in [7, 11) is 0. The fourth-order valence-corrected chi connectivity index (χ4v) is 0.968. The Balaban J connectivity index is 3.34. The molecule has 1 N–H and O–H groups in total. The van der Waals surface area contributed by atoms with E-state index < -0.39 is 0 Å².